The molecule has 0 radical (unpaired) electrons. The van der Waals surface area contributed by atoms with Gasteiger partial charge in [-0.3, -0.25) is 19.8 Å². The molecular weight excluding hydrogens is 310 g/mol. The number of benzene rings is 1. The summed E-state index contributed by atoms with van der Waals surface area (Å²) in [4.78, 5) is 24.5. The van der Waals surface area contributed by atoms with Crippen molar-refractivity contribution in [3.05, 3.63) is 46.0 Å². The maximum atomic E-state index is 12.0. The minimum atomic E-state index is -0.449. The third kappa shape index (κ3) is 5.14. The van der Waals surface area contributed by atoms with E-state index in [2.05, 4.69) is 17.1 Å². The number of hydrogen-bond acceptors (Lipinski definition) is 5. The second-order valence-corrected chi connectivity index (χ2v) is 5.87. The molecule has 0 saturated carbocycles. The Bertz CT molecular complexity index is 594. The molecule has 1 fully saturated rings. The monoisotopic (exact) mass is 333 g/mol. The van der Waals surface area contributed by atoms with Crippen LogP contribution in [0.3, 0.4) is 0 Å². The van der Waals surface area contributed by atoms with Crippen LogP contribution in [0, 0.1) is 10.1 Å². The highest BCUT2D eigenvalue weighted by Gasteiger charge is 2.22. The van der Waals surface area contributed by atoms with Crippen LogP contribution in [0.25, 0.3) is 6.08 Å². The third-order valence-corrected chi connectivity index (χ3v) is 4.25. The summed E-state index contributed by atoms with van der Waals surface area (Å²) in [7, 11) is 0. The Labute approximate surface area is 141 Å². The summed E-state index contributed by atoms with van der Waals surface area (Å²) in [6.07, 6.45) is 3.09. The summed E-state index contributed by atoms with van der Waals surface area (Å²) < 4.78 is 5.34. The van der Waals surface area contributed by atoms with E-state index in [4.69, 9.17) is 4.74 Å². The van der Waals surface area contributed by atoms with Crippen molar-refractivity contribution in [2.75, 3.05) is 26.3 Å². The average molecular weight is 333 g/mol. The second kappa shape index (κ2) is 8.56. The molecule has 1 aliphatic heterocycles. The Morgan fingerprint density at radius 2 is 1.92 bits per heavy atom. The van der Waals surface area contributed by atoms with Crippen LogP contribution < -0.4 is 5.32 Å². The van der Waals surface area contributed by atoms with E-state index in [9.17, 15) is 14.9 Å². The largest absolute Gasteiger partial charge is 0.379 e. The molecule has 0 aliphatic carbocycles. The lowest BCUT2D eigenvalue weighted by atomic mass is 10.1. The first-order valence-electron chi connectivity index (χ1n) is 8.02. The molecule has 1 N–H and O–H groups in total. The number of hydrogen-bond donors (Lipinski definition) is 1. The van der Waals surface area contributed by atoms with Crippen LogP contribution in [-0.4, -0.2) is 54.1 Å². The molecule has 2 atom stereocenters. The predicted octanol–water partition coefficient (Wildman–Crippen LogP) is 1.83. The molecule has 2 unspecified atom stereocenters. The standard InChI is InChI=1S/C17H23N3O4/c1-13(14(2)19-9-11-24-12-10-19)18-17(21)8-5-15-3-6-16(7-4-15)20(22)23/h3-8,13-14H,9-12H2,1-2H3,(H,18,21). The van der Waals surface area contributed by atoms with Crippen LogP contribution in [0.1, 0.15) is 19.4 Å². The number of carbonyl (C=O) groups excluding carboxylic acids is 1. The summed E-state index contributed by atoms with van der Waals surface area (Å²) >= 11 is 0. The van der Waals surface area contributed by atoms with Gasteiger partial charge < -0.3 is 10.1 Å². The highest BCUT2D eigenvalue weighted by Crippen LogP contribution is 2.13. The van der Waals surface area contributed by atoms with Gasteiger partial charge in [0.1, 0.15) is 0 Å². The first-order valence-corrected chi connectivity index (χ1v) is 8.02. The molecule has 7 heteroatoms. The van der Waals surface area contributed by atoms with Crippen molar-refractivity contribution in [3.8, 4) is 0 Å². The normalized spacial score (nSPS) is 18.2. The van der Waals surface area contributed by atoms with Crippen molar-refractivity contribution in [1.82, 2.24) is 10.2 Å². The van der Waals surface area contributed by atoms with Crippen molar-refractivity contribution in [3.63, 3.8) is 0 Å². The van der Waals surface area contributed by atoms with E-state index >= 15 is 0 Å². The fourth-order valence-corrected chi connectivity index (χ4v) is 2.57. The SMILES string of the molecule is CC(NC(=O)C=Cc1ccc([N+](=O)[O-])cc1)C(C)N1CCOCC1. The van der Waals surface area contributed by atoms with Crippen molar-refractivity contribution in [2.24, 2.45) is 0 Å². The Kier molecular flexibility index (Phi) is 6.45. The van der Waals surface area contributed by atoms with Gasteiger partial charge in [0, 0.05) is 43.4 Å². The van der Waals surface area contributed by atoms with E-state index in [0.29, 0.717) is 0 Å². The zero-order valence-corrected chi connectivity index (χ0v) is 14.0. The summed E-state index contributed by atoms with van der Waals surface area (Å²) in [5.41, 5.74) is 0.772. The van der Waals surface area contributed by atoms with Gasteiger partial charge in [-0.15, -0.1) is 0 Å². The Hall–Kier alpha value is -2.25. The predicted molar refractivity (Wildman–Crippen MR) is 91.6 cm³/mol. The van der Waals surface area contributed by atoms with Gasteiger partial charge >= 0.3 is 0 Å². The lowest BCUT2D eigenvalue weighted by molar-refractivity contribution is -0.384. The van der Waals surface area contributed by atoms with Crippen molar-refractivity contribution >= 4 is 17.7 Å². The molecule has 0 aromatic heterocycles. The molecule has 1 amide bonds. The molecule has 7 nitrogen and oxygen atoms in total. The van der Waals surface area contributed by atoms with E-state index in [0.717, 1.165) is 31.9 Å². The number of amides is 1. The molecule has 1 saturated heterocycles. The summed E-state index contributed by atoms with van der Waals surface area (Å²) in [5.74, 6) is -0.180. The molecule has 1 heterocycles. The van der Waals surface area contributed by atoms with Crippen molar-refractivity contribution in [1.29, 1.82) is 0 Å². The molecule has 0 spiro atoms. The number of carbonyl (C=O) groups is 1. The maximum absolute atomic E-state index is 12.0. The number of ether oxygens (including phenoxy) is 1. The summed E-state index contributed by atoms with van der Waals surface area (Å²) in [6, 6.07) is 6.30. The zero-order chi connectivity index (χ0) is 17.5. The Balaban J connectivity index is 1.85. The van der Waals surface area contributed by atoms with Gasteiger partial charge in [0.25, 0.3) is 5.69 Å². The van der Waals surface area contributed by atoms with Gasteiger partial charge in [0.05, 0.1) is 18.1 Å². The van der Waals surface area contributed by atoms with Gasteiger partial charge in [-0.25, -0.2) is 0 Å². The number of nitro groups is 1. The number of morpholine rings is 1. The van der Waals surface area contributed by atoms with Crippen LogP contribution in [-0.2, 0) is 9.53 Å². The highest BCUT2D eigenvalue weighted by atomic mass is 16.6. The number of rotatable bonds is 6. The molecular formula is C17H23N3O4. The smallest absolute Gasteiger partial charge is 0.269 e. The lowest BCUT2D eigenvalue weighted by Crippen LogP contribution is -2.51. The first-order chi connectivity index (χ1) is 11.5. The fourth-order valence-electron chi connectivity index (χ4n) is 2.57. The van der Waals surface area contributed by atoms with E-state index in [1.807, 2.05) is 6.92 Å². The van der Waals surface area contributed by atoms with E-state index in [1.54, 1.807) is 18.2 Å². The first kappa shape index (κ1) is 18.1. The number of nitrogens with one attached hydrogen (secondary N) is 1. The molecule has 1 aliphatic rings. The van der Waals surface area contributed by atoms with E-state index in [-0.39, 0.29) is 23.7 Å². The van der Waals surface area contributed by atoms with Gasteiger partial charge in [-0.05, 0) is 37.6 Å². The Morgan fingerprint density at radius 1 is 1.29 bits per heavy atom. The summed E-state index contributed by atoms with van der Waals surface area (Å²) in [6.45, 7) is 7.28. The molecule has 24 heavy (non-hydrogen) atoms. The van der Waals surface area contributed by atoms with Crippen LogP contribution >= 0.6 is 0 Å². The van der Waals surface area contributed by atoms with E-state index in [1.165, 1.54) is 18.2 Å². The second-order valence-electron chi connectivity index (χ2n) is 5.87. The molecule has 130 valence electrons. The van der Waals surface area contributed by atoms with Crippen LogP contribution in [0.15, 0.2) is 30.3 Å². The topological polar surface area (TPSA) is 84.7 Å². The van der Waals surface area contributed by atoms with Gasteiger partial charge in [0.2, 0.25) is 5.91 Å². The maximum Gasteiger partial charge on any atom is 0.269 e. The van der Waals surface area contributed by atoms with Crippen LogP contribution in [0.5, 0.6) is 0 Å². The average Bonchev–Trinajstić information content (AvgIpc) is 2.60. The number of non-ortho nitro benzene ring substituents is 1. The molecule has 0 bridgehead atoms. The van der Waals surface area contributed by atoms with Gasteiger partial charge in [-0.2, -0.15) is 0 Å². The van der Waals surface area contributed by atoms with Crippen LogP contribution in [0.4, 0.5) is 5.69 Å². The third-order valence-electron chi connectivity index (χ3n) is 4.25. The zero-order valence-electron chi connectivity index (χ0n) is 14.0. The van der Waals surface area contributed by atoms with Gasteiger partial charge in [0.15, 0.2) is 0 Å². The molecule has 1 aromatic carbocycles. The molecule has 1 aromatic rings. The minimum absolute atomic E-state index is 0.0112. The minimum Gasteiger partial charge on any atom is -0.379 e. The fraction of sp³-hybridized carbons (Fsp3) is 0.471. The van der Waals surface area contributed by atoms with Crippen LogP contribution in [0.2, 0.25) is 0 Å². The molecule has 2 rings (SSSR count). The van der Waals surface area contributed by atoms with Gasteiger partial charge in [-0.1, -0.05) is 0 Å². The highest BCUT2D eigenvalue weighted by molar-refractivity contribution is 5.91. The lowest BCUT2D eigenvalue weighted by Gasteiger charge is -2.35. The number of nitrogens with zero attached hydrogens (tertiary/aromatic N) is 2. The quantitative estimate of drug-likeness (QED) is 0.488. The number of nitro benzene ring substituents is 1. The van der Waals surface area contributed by atoms with E-state index < -0.39 is 4.92 Å². The van der Waals surface area contributed by atoms with Crippen molar-refractivity contribution < 1.29 is 14.5 Å². The summed E-state index contributed by atoms with van der Waals surface area (Å²) in [5, 5.41) is 13.6. The van der Waals surface area contributed by atoms with Crippen molar-refractivity contribution in [2.45, 2.75) is 25.9 Å². The Morgan fingerprint density at radius 3 is 2.50 bits per heavy atom.